The molecule has 0 saturated carbocycles. The Labute approximate surface area is 127 Å². The van der Waals surface area contributed by atoms with Gasteiger partial charge in [-0.05, 0) is 54.2 Å². The number of hydrogen-bond acceptors (Lipinski definition) is 4. The zero-order valence-corrected chi connectivity index (χ0v) is 13.2. The van der Waals surface area contributed by atoms with E-state index in [1.165, 1.54) is 33.9 Å². The average Bonchev–Trinajstić information content (AvgIpc) is 2.89. The lowest BCUT2D eigenvalue weighted by molar-refractivity contribution is 0.896. The van der Waals surface area contributed by atoms with Crippen molar-refractivity contribution < 1.29 is 0 Å². The molecule has 2 aromatic rings. The van der Waals surface area contributed by atoms with Crippen LogP contribution in [0.25, 0.3) is 10.4 Å². The van der Waals surface area contributed by atoms with Crippen LogP contribution in [0.2, 0.25) is 0 Å². The molecule has 0 amide bonds. The minimum Gasteiger partial charge on any atom is -0.184 e. The summed E-state index contributed by atoms with van der Waals surface area (Å²) in [7, 11) is 0. The molecular formula is C15H15NS3. The first-order valence-corrected chi connectivity index (χ1v) is 8.45. The lowest BCUT2D eigenvalue weighted by Gasteiger charge is -2.02. The van der Waals surface area contributed by atoms with Crippen LogP contribution in [0.4, 0.5) is 5.00 Å². The Bertz CT molecular complexity index is 565. The summed E-state index contributed by atoms with van der Waals surface area (Å²) in [5.74, 6) is 1.20. The van der Waals surface area contributed by atoms with Crippen LogP contribution < -0.4 is 0 Å². The second-order valence-corrected chi connectivity index (χ2v) is 6.48. The van der Waals surface area contributed by atoms with Gasteiger partial charge >= 0.3 is 0 Å². The lowest BCUT2D eigenvalue weighted by Crippen LogP contribution is -1.78. The average molecular weight is 305 g/mol. The first-order chi connectivity index (χ1) is 9.33. The van der Waals surface area contributed by atoms with Gasteiger partial charge in [-0.3, -0.25) is 0 Å². The highest BCUT2D eigenvalue weighted by molar-refractivity contribution is 7.99. The normalized spacial score (nSPS) is 10.2. The van der Waals surface area contributed by atoms with Gasteiger partial charge < -0.3 is 0 Å². The van der Waals surface area contributed by atoms with Crippen molar-refractivity contribution in [3.05, 3.63) is 36.4 Å². The molecule has 0 N–H and O–H groups in total. The fourth-order valence-electron chi connectivity index (χ4n) is 1.64. The third-order valence-corrected chi connectivity index (χ3v) is 4.87. The van der Waals surface area contributed by atoms with Gasteiger partial charge in [-0.25, -0.2) is 0 Å². The number of benzene rings is 1. The largest absolute Gasteiger partial charge is 0.184 e. The number of unbranched alkanes of at least 4 members (excludes halogenated alkanes) is 1. The van der Waals surface area contributed by atoms with E-state index in [4.69, 9.17) is 0 Å². The van der Waals surface area contributed by atoms with Crippen LogP contribution in [-0.2, 0) is 0 Å². The van der Waals surface area contributed by atoms with Crippen LogP contribution in [0.1, 0.15) is 19.8 Å². The molecule has 0 aliphatic rings. The number of thiocarbonyl (C=S) groups is 1. The van der Waals surface area contributed by atoms with E-state index in [1.54, 1.807) is 11.3 Å². The van der Waals surface area contributed by atoms with Crippen LogP contribution in [0.15, 0.2) is 46.3 Å². The molecule has 0 spiro atoms. The summed E-state index contributed by atoms with van der Waals surface area (Å²) in [5.41, 5.74) is 1.23. The maximum atomic E-state index is 4.61. The predicted octanol–water partition coefficient (Wildman–Crippen LogP) is 6.04. The summed E-state index contributed by atoms with van der Waals surface area (Å²) in [6.07, 6.45) is 2.53. The molecule has 4 heteroatoms. The fraction of sp³-hybridized carbons (Fsp3) is 0.267. The highest BCUT2D eigenvalue weighted by Gasteiger charge is 2.02. The fourth-order valence-corrected chi connectivity index (χ4v) is 3.63. The van der Waals surface area contributed by atoms with Crippen LogP contribution in [0.3, 0.4) is 0 Å². The predicted molar refractivity (Wildman–Crippen MR) is 90.1 cm³/mol. The van der Waals surface area contributed by atoms with Crippen molar-refractivity contribution in [3.8, 4) is 10.4 Å². The summed E-state index contributed by atoms with van der Waals surface area (Å²) >= 11 is 8.17. The number of rotatable bonds is 6. The van der Waals surface area contributed by atoms with Gasteiger partial charge in [0.25, 0.3) is 0 Å². The number of aliphatic imine (C=N–C) groups is 1. The molecular weight excluding hydrogens is 290 g/mol. The van der Waals surface area contributed by atoms with Crippen molar-refractivity contribution in [3.63, 3.8) is 0 Å². The molecule has 0 radical (unpaired) electrons. The van der Waals surface area contributed by atoms with Crippen LogP contribution in [-0.4, -0.2) is 10.9 Å². The Morgan fingerprint density at radius 2 is 2.00 bits per heavy atom. The van der Waals surface area contributed by atoms with E-state index in [9.17, 15) is 0 Å². The van der Waals surface area contributed by atoms with Crippen LogP contribution >= 0.6 is 35.3 Å². The molecule has 1 aromatic carbocycles. The van der Waals surface area contributed by atoms with E-state index < -0.39 is 0 Å². The Balaban J connectivity index is 2.06. The van der Waals surface area contributed by atoms with Crippen molar-refractivity contribution in [2.45, 2.75) is 24.7 Å². The van der Waals surface area contributed by atoms with Gasteiger partial charge in [-0.15, -0.1) is 23.1 Å². The molecule has 0 saturated heterocycles. The molecule has 0 fully saturated rings. The zero-order chi connectivity index (χ0) is 13.5. The highest BCUT2D eigenvalue weighted by Crippen LogP contribution is 2.33. The zero-order valence-electron chi connectivity index (χ0n) is 10.8. The summed E-state index contributed by atoms with van der Waals surface area (Å²) in [6, 6.07) is 12.8. The number of thiophene rings is 1. The lowest BCUT2D eigenvalue weighted by atomic mass is 10.2. The number of thioether (sulfide) groups is 1. The Hall–Kier alpha value is -0.930. The van der Waals surface area contributed by atoms with E-state index in [1.807, 2.05) is 17.8 Å². The van der Waals surface area contributed by atoms with Gasteiger partial charge in [0, 0.05) is 9.77 Å². The summed E-state index contributed by atoms with van der Waals surface area (Å²) in [5, 5.41) is 3.31. The molecule has 2 rings (SSSR count). The van der Waals surface area contributed by atoms with Crippen LogP contribution in [0, 0.1) is 0 Å². The van der Waals surface area contributed by atoms with E-state index in [2.05, 4.69) is 59.6 Å². The Morgan fingerprint density at radius 1 is 1.21 bits per heavy atom. The second kappa shape index (κ2) is 7.61. The van der Waals surface area contributed by atoms with E-state index >= 15 is 0 Å². The minimum absolute atomic E-state index is 0.909. The van der Waals surface area contributed by atoms with Crippen molar-refractivity contribution in [1.29, 1.82) is 0 Å². The molecule has 1 heterocycles. The highest BCUT2D eigenvalue weighted by atomic mass is 32.2. The van der Waals surface area contributed by atoms with Gasteiger partial charge in [0.1, 0.15) is 5.00 Å². The van der Waals surface area contributed by atoms with Gasteiger partial charge in [0.2, 0.25) is 0 Å². The maximum absolute atomic E-state index is 4.61. The molecule has 0 bridgehead atoms. The van der Waals surface area contributed by atoms with Crippen molar-refractivity contribution >= 4 is 45.5 Å². The topological polar surface area (TPSA) is 12.4 Å². The van der Waals surface area contributed by atoms with Gasteiger partial charge in [-0.1, -0.05) is 25.5 Å². The smallest absolute Gasteiger partial charge is 0.127 e. The molecule has 98 valence electrons. The molecule has 1 aromatic heterocycles. The molecule has 0 aliphatic heterocycles. The molecule has 0 unspecified atom stereocenters. The summed E-state index contributed by atoms with van der Waals surface area (Å²) in [6.45, 7) is 2.22. The van der Waals surface area contributed by atoms with Crippen molar-refractivity contribution in [2.24, 2.45) is 4.99 Å². The number of isothiocyanates is 1. The van der Waals surface area contributed by atoms with Gasteiger partial charge in [-0.2, -0.15) is 4.99 Å². The van der Waals surface area contributed by atoms with Gasteiger partial charge in [0.15, 0.2) is 0 Å². The monoisotopic (exact) mass is 305 g/mol. The Morgan fingerprint density at radius 3 is 2.68 bits per heavy atom. The van der Waals surface area contributed by atoms with Crippen molar-refractivity contribution in [2.75, 3.05) is 5.75 Å². The quantitative estimate of drug-likeness (QED) is 0.279. The first kappa shape index (κ1) is 14.5. The first-order valence-electron chi connectivity index (χ1n) is 6.24. The van der Waals surface area contributed by atoms with Crippen molar-refractivity contribution in [1.82, 2.24) is 0 Å². The molecule has 0 aliphatic carbocycles. The number of hydrogen-bond donors (Lipinski definition) is 0. The summed E-state index contributed by atoms with van der Waals surface area (Å²) in [4.78, 5) is 6.56. The van der Waals surface area contributed by atoms with E-state index in [-0.39, 0.29) is 0 Å². The maximum Gasteiger partial charge on any atom is 0.127 e. The SMILES string of the molecule is CCCCSc1ccc(-c2ccc(N=C=S)s2)cc1. The third kappa shape index (κ3) is 4.29. The van der Waals surface area contributed by atoms with Gasteiger partial charge in [0.05, 0.1) is 5.16 Å². The molecule has 19 heavy (non-hydrogen) atoms. The molecule has 1 nitrogen and oxygen atoms in total. The Kier molecular flexibility index (Phi) is 5.80. The van der Waals surface area contributed by atoms with E-state index in [0.29, 0.717) is 0 Å². The van der Waals surface area contributed by atoms with E-state index in [0.717, 1.165) is 5.00 Å². The molecule has 0 atom stereocenters. The third-order valence-electron chi connectivity index (χ3n) is 2.65. The minimum atomic E-state index is 0.909. The van der Waals surface area contributed by atoms with Crippen LogP contribution in [0.5, 0.6) is 0 Å². The summed E-state index contributed by atoms with van der Waals surface area (Å²) < 4.78 is 0. The number of nitrogens with zero attached hydrogens (tertiary/aromatic N) is 1. The standard InChI is InChI=1S/C15H15NS3/c1-2-3-10-18-13-6-4-12(5-7-13)14-8-9-15(19-14)16-11-17/h4-9H,2-3,10H2,1H3. The second-order valence-electron chi connectivity index (χ2n) is 4.07.